The summed E-state index contributed by atoms with van der Waals surface area (Å²) in [7, 11) is 0. The van der Waals surface area contributed by atoms with E-state index >= 15 is 0 Å². The van der Waals surface area contributed by atoms with Gasteiger partial charge < -0.3 is 10.2 Å². The molecule has 0 spiro atoms. The topological polar surface area (TPSA) is 40.5 Å². The molecule has 0 saturated heterocycles. The Bertz CT molecular complexity index is 738. The minimum Gasteiger partial charge on any atom is -0.505 e. The average Bonchev–Trinajstić information content (AvgIpc) is 2.60. The molecule has 0 amide bonds. The number of aromatic hydroxyl groups is 2. The maximum absolute atomic E-state index is 9.89. The van der Waals surface area contributed by atoms with Gasteiger partial charge in [-0.2, -0.15) is 0 Å². The van der Waals surface area contributed by atoms with Gasteiger partial charge in [0.1, 0.15) is 20.1 Å². The van der Waals surface area contributed by atoms with Gasteiger partial charge in [0.25, 0.3) is 0 Å². The third-order valence-electron chi connectivity index (χ3n) is 3.65. The molecule has 136 valence electrons. The lowest BCUT2D eigenvalue weighted by molar-refractivity contribution is 0.475. The van der Waals surface area contributed by atoms with Crippen LogP contribution in [0.1, 0.15) is 30.4 Å². The molecular formula is C15H8Cl8O2. The van der Waals surface area contributed by atoms with Crippen LogP contribution in [0.2, 0.25) is 40.2 Å². The standard InChI is InChI=1S/C15H8Cl8O2/c1-2-3(4-6(16)10(20)14(24)11(21)7(4)17)5-8(18)12(22)15(25)13(23)9(5)19/h3,24-25H,2H2,1H3. The summed E-state index contributed by atoms with van der Waals surface area (Å²) in [5.74, 6) is -1.47. The van der Waals surface area contributed by atoms with Crippen molar-refractivity contribution in [3.05, 3.63) is 51.3 Å². The maximum atomic E-state index is 9.89. The molecule has 2 N–H and O–H groups in total. The smallest absolute Gasteiger partial charge is 0.155 e. The van der Waals surface area contributed by atoms with Gasteiger partial charge in [0.05, 0.1) is 20.1 Å². The van der Waals surface area contributed by atoms with Crippen molar-refractivity contribution in [2.45, 2.75) is 19.3 Å². The van der Waals surface area contributed by atoms with Gasteiger partial charge >= 0.3 is 0 Å². The van der Waals surface area contributed by atoms with Crippen molar-refractivity contribution in [3.63, 3.8) is 0 Å². The molecule has 2 aromatic rings. The summed E-state index contributed by atoms with van der Waals surface area (Å²) in [6, 6.07) is 0. The van der Waals surface area contributed by atoms with Crippen LogP contribution in [0.25, 0.3) is 0 Å². The highest BCUT2D eigenvalue weighted by Gasteiger charge is 2.31. The first-order valence-electron chi connectivity index (χ1n) is 6.65. The number of hydrogen-bond acceptors (Lipinski definition) is 2. The average molecular weight is 504 g/mol. The molecule has 0 fully saturated rings. The van der Waals surface area contributed by atoms with E-state index in [1.54, 1.807) is 0 Å². The van der Waals surface area contributed by atoms with Gasteiger partial charge in [-0.15, -0.1) is 0 Å². The van der Waals surface area contributed by atoms with E-state index in [0.29, 0.717) is 17.5 Å². The lowest BCUT2D eigenvalue weighted by Gasteiger charge is -2.24. The van der Waals surface area contributed by atoms with Crippen molar-refractivity contribution in [1.29, 1.82) is 0 Å². The number of halogens is 8. The largest absolute Gasteiger partial charge is 0.505 e. The van der Waals surface area contributed by atoms with Gasteiger partial charge in [-0.25, -0.2) is 0 Å². The molecular weight excluding hydrogens is 496 g/mol. The maximum Gasteiger partial charge on any atom is 0.155 e. The quantitative estimate of drug-likeness (QED) is 0.411. The molecule has 25 heavy (non-hydrogen) atoms. The monoisotopic (exact) mass is 500 g/mol. The molecule has 0 radical (unpaired) electrons. The second kappa shape index (κ2) is 8.16. The van der Waals surface area contributed by atoms with Crippen molar-refractivity contribution < 1.29 is 10.2 Å². The lowest BCUT2D eigenvalue weighted by Crippen LogP contribution is -2.05. The fourth-order valence-corrected chi connectivity index (χ4v) is 4.68. The van der Waals surface area contributed by atoms with Crippen LogP contribution in [0, 0.1) is 0 Å². The van der Waals surface area contributed by atoms with Gasteiger partial charge in [0.2, 0.25) is 0 Å². The van der Waals surface area contributed by atoms with E-state index in [2.05, 4.69) is 0 Å². The number of phenols is 2. The van der Waals surface area contributed by atoms with Crippen LogP contribution in [0.3, 0.4) is 0 Å². The first-order chi connectivity index (χ1) is 11.6. The lowest BCUT2D eigenvalue weighted by atomic mass is 9.88. The van der Waals surface area contributed by atoms with Crippen LogP contribution >= 0.6 is 92.8 Å². The first-order valence-corrected chi connectivity index (χ1v) is 9.68. The Hall–Kier alpha value is 0.360. The molecule has 0 heterocycles. The normalized spacial score (nSPS) is 11.4. The van der Waals surface area contributed by atoms with Gasteiger partial charge in [-0.1, -0.05) is 99.7 Å². The minimum atomic E-state index is -0.605. The van der Waals surface area contributed by atoms with Crippen molar-refractivity contribution in [3.8, 4) is 11.5 Å². The highest BCUT2D eigenvalue weighted by Crippen LogP contribution is 2.54. The molecule has 2 aromatic carbocycles. The van der Waals surface area contributed by atoms with E-state index in [0.717, 1.165) is 0 Å². The van der Waals surface area contributed by atoms with Crippen molar-refractivity contribution in [2.24, 2.45) is 0 Å². The summed E-state index contributed by atoms with van der Waals surface area (Å²) in [5, 5.41) is 19.1. The Labute approximate surface area is 184 Å². The van der Waals surface area contributed by atoms with Crippen molar-refractivity contribution in [1.82, 2.24) is 0 Å². The fourth-order valence-electron chi connectivity index (χ4n) is 2.44. The third kappa shape index (κ3) is 3.58. The Morgan fingerprint density at radius 1 is 0.560 bits per heavy atom. The molecule has 0 aromatic heterocycles. The number of phenolic OH excluding ortho intramolecular Hbond substituents is 2. The summed E-state index contributed by atoms with van der Waals surface area (Å²) < 4.78 is 0. The number of benzene rings is 2. The molecule has 2 nitrogen and oxygen atoms in total. The van der Waals surface area contributed by atoms with E-state index in [9.17, 15) is 10.2 Å². The van der Waals surface area contributed by atoms with Crippen LogP contribution in [0.4, 0.5) is 0 Å². The minimum absolute atomic E-state index is 0.00660. The molecule has 0 atom stereocenters. The summed E-state index contributed by atoms with van der Waals surface area (Å²) in [6.07, 6.45) is 0.410. The predicted molar refractivity (Wildman–Crippen MR) is 108 cm³/mol. The molecule has 0 unspecified atom stereocenters. The van der Waals surface area contributed by atoms with E-state index in [-0.39, 0.29) is 40.2 Å². The zero-order chi connectivity index (χ0) is 19.2. The van der Waals surface area contributed by atoms with Gasteiger partial charge in [0.15, 0.2) is 11.5 Å². The summed E-state index contributed by atoms with van der Waals surface area (Å²) in [4.78, 5) is 0. The Kier molecular flexibility index (Phi) is 7.07. The molecule has 0 bridgehead atoms. The molecule has 0 saturated carbocycles. The zero-order valence-corrected chi connectivity index (χ0v) is 18.3. The summed E-state index contributed by atoms with van der Waals surface area (Å²) >= 11 is 49.2. The third-order valence-corrected chi connectivity index (χ3v) is 7.08. The zero-order valence-electron chi connectivity index (χ0n) is 12.2. The Balaban J connectivity index is 2.90. The van der Waals surface area contributed by atoms with Crippen molar-refractivity contribution >= 4 is 92.8 Å². The number of rotatable bonds is 3. The van der Waals surface area contributed by atoms with Gasteiger partial charge in [-0.3, -0.25) is 0 Å². The van der Waals surface area contributed by atoms with Crippen LogP contribution in [0.15, 0.2) is 0 Å². The first kappa shape index (κ1) is 21.7. The second-order valence-electron chi connectivity index (χ2n) is 5.00. The molecule has 10 heteroatoms. The SMILES string of the molecule is CCC(c1c(Cl)c(Cl)c(O)c(Cl)c1Cl)c1c(Cl)c(Cl)c(O)c(Cl)c1Cl. The van der Waals surface area contributed by atoms with Gasteiger partial charge in [-0.05, 0) is 6.42 Å². The van der Waals surface area contributed by atoms with Crippen LogP contribution in [-0.4, -0.2) is 10.2 Å². The Morgan fingerprint density at radius 2 is 0.800 bits per heavy atom. The Morgan fingerprint density at radius 3 is 1.00 bits per heavy atom. The highest BCUT2D eigenvalue weighted by atomic mass is 35.5. The van der Waals surface area contributed by atoms with Crippen molar-refractivity contribution in [2.75, 3.05) is 0 Å². The summed E-state index contributed by atoms with van der Waals surface area (Å²) in [5.41, 5.74) is 0.612. The molecule has 0 aliphatic heterocycles. The van der Waals surface area contributed by atoms with Crippen LogP contribution in [0.5, 0.6) is 11.5 Å². The van der Waals surface area contributed by atoms with E-state index < -0.39 is 17.4 Å². The fraction of sp³-hybridized carbons (Fsp3) is 0.200. The van der Waals surface area contributed by atoms with Gasteiger partial charge in [0, 0.05) is 17.0 Å². The van der Waals surface area contributed by atoms with Crippen LogP contribution in [-0.2, 0) is 0 Å². The molecule has 0 aliphatic carbocycles. The van der Waals surface area contributed by atoms with Crippen LogP contribution < -0.4 is 0 Å². The molecule has 0 aliphatic rings. The number of hydrogen-bond donors (Lipinski definition) is 2. The van der Waals surface area contributed by atoms with E-state index in [1.807, 2.05) is 6.92 Å². The predicted octanol–water partition coefficient (Wildman–Crippen LogP) is 8.87. The molecule has 2 rings (SSSR count). The second-order valence-corrected chi connectivity index (χ2v) is 8.02. The summed E-state index contributed by atoms with van der Waals surface area (Å²) in [6.45, 7) is 1.81. The highest BCUT2D eigenvalue weighted by molar-refractivity contribution is 6.51. The van der Waals surface area contributed by atoms with E-state index in [4.69, 9.17) is 92.8 Å². The van der Waals surface area contributed by atoms with E-state index in [1.165, 1.54) is 0 Å².